The highest BCUT2D eigenvalue weighted by Gasteiger charge is 2.27. The summed E-state index contributed by atoms with van der Waals surface area (Å²) < 4.78 is 15.2. The van der Waals surface area contributed by atoms with Gasteiger partial charge in [0, 0.05) is 31.1 Å². The Hall–Kier alpha value is -0.460. The highest BCUT2D eigenvalue weighted by atomic mass is 79.9. The molecule has 1 aliphatic heterocycles. The zero-order valence-electron chi connectivity index (χ0n) is 11.3. The first-order valence-corrected chi connectivity index (χ1v) is 8.79. The number of piperazine rings is 1. The van der Waals surface area contributed by atoms with Crippen molar-refractivity contribution in [2.24, 2.45) is 0 Å². The summed E-state index contributed by atoms with van der Waals surface area (Å²) in [5, 5.41) is 3.35. The number of rotatable bonds is 3. The SMILES string of the molecule is Fc1cccc([C@@H](c2ccc(Cl)s2)N2CCNCC2)c1Br. The molecule has 1 aromatic carbocycles. The number of nitrogens with one attached hydrogen (secondary N) is 1. The molecule has 0 amide bonds. The van der Waals surface area contributed by atoms with Gasteiger partial charge in [-0.15, -0.1) is 11.3 Å². The fourth-order valence-corrected chi connectivity index (χ4v) is 4.37. The van der Waals surface area contributed by atoms with Gasteiger partial charge in [0.1, 0.15) is 5.82 Å². The Morgan fingerprint density at radius 1 is 1.24 bits per heavy atom. The molecule has 6 heteroatoms. The second-order valence-corrected chi connectivity index (χ2v) is 7.51. The molecule has 1 N–H and O–H groups in total. The molecule has 2 nitrogen and oxygen atoms in total. The Morgan fingerprint density at radius 3 is 2.67 bits per heavy atom. The maximum atomic E-state index is 13.9. The highest BCUT2D eigenvalue weighted by Crippen LogP contribution is 2.38. The zero-order valence-corrected chi connectivity index (χ0v) is 14.4. The lowest BCUT2D eigenvalue weighted by molar-refractivity contribution is 0.200. The van der Waals surface area contributed by atoms with Crippen molar-refractivity contribution in [2.45, 2.75) is 6.04 Å². The lowest BCUT2D eigenvalue weighted by Crippen LogP contribution is -2.45. The van der Waals surface area contributed by atoms with E-state index in [1.54, 1.807) is 17.4 Å². The maximum Gasteiger partial charge on any atom is 0.137 e. The molecule has 1 aromatic heterocycles. The van der Waals surface area contributed by atoms with Gasteiger partial charge in [0.25, 0.3) is 0 Å². The minimum absolute atomic E-state index is 0.0367. The molecule has 0 bridgehead atoms. The molecule has 21 heavy (non-hydrogen) atoms. The van der Waals surface area contributed by atoms with Gasteiger partial charge in [-0.2, -0.15) is 0 Å². The van der Waals surface area contributed by atoms with E-state index in [4.69, 9.17) is 11.6 Å². The third-order valence-electron chi connectivity index (χ3n) is 3.66. The molecule has 112 valence electrons. The van der Waals surface area contributed by atoms with Crippen LogP contribution in [0.15, 0.2) is 34.8 Å². The number of hydrogen-bond acceptors (Lipinski definition) is 3. The number of thiophene rings is 1. The van der Waals surface area contributed by atoms with Crippen molar-refractivity contribution in [3.8, 4) is 0 Å². The van der Waals surface area contributed by atoms with Crippen LogP contribution in [0.2, 0.25) is 4.34 Å². The molecule has 0 radical (unpaired) electrons. The number of nitrogens with zero attached hydrogens (tertiary/aromatic N) is 1. The van der Waals surface area contributed by atoms with Crippen LogP contribution in [0.25, 0.3) is 0 Å². The Kier molecular flexibility index (Phi) is 4.96. The normalized spacial score (nSPS) is 17.9. The Bertz CT molecular complexity index is 628. The number of halogens is 3. The first kappa shape index (κ1) is 15.4. The van der Waals surface area contributed by atoms with Crippen molar-refractivity contribution < 1.29 is 4.39 Å². The summed E-state index contributed by atoms with van der Waals surface area (Å²) in [4.78, 5) is 3.52. The van der Waals surface area contributed by atoms with Crippen molar-refractivity contribution in [3.63, 3.8) is 0 Å². The molecule has 1 aliphatic rings. The van der Waals surface area contributed by atoms with E-state index < -0.39 is 0 Å². The second-order valence-electron chi connectivity index (χ2n) is 4.97. The number of hydrogen-bond donors (Lipinski definition) is 1. The van der Waals surface area contributed by atoms with Crippen LogP contribution < -0.4 is 5.32 Å². The first-order chi connectivity index (χ1) is 10.2. The van der Waals surface area contributed by atoms with E-state index in [9.17, 15) is 4.39 Å². The van der Waals surface area contributed by atoms with Crippen LogP contribution in [-0.2, 0) is 0 Å². The summed E-state index contributed by atoms with van der Waals surface area (Å²) in [5.74, 6) is -0.227. The van der Waals surface area contributed by atoms with Crippen molar-refractivity contribution in [1.29, 1.82) is 0 Å². The van der Waals surface area contributed by atoms with Crippen molar-refractivity contribution in [1.82, 2.24) is 10.2 Å². The predicted octanol–water partition coefficient (Wildman–Crippen LogP) is 4.30. The van der Waals surface area contributed by atoms with Gasteiger partial charge >= 0.3 is 0 Å². The first-order valence-electron chi connectivity index (χ1n) is 6.81. The molecule has 2 aromatic rings. The van der Waals surface area contributed by atoms with E-state index >= 15 is 0 Å². The van der Waals surface area contributed by atoms with Crippen molar-refractivity contribution >= 4 is 38.9 Å². The van der Waals surface area contributed by atoms with Gasteiger partial charge in [0.05, 0.1) is 14.9 Å². The molecule has 1 atom stereocenters. The van der Waals surface area contributed by atoms with E-state index in [-0.39, 0.29) is 11.9 Å². The average molecular weight is 390 g/mol. The van der Waals surface area contributed by atoms with Gasteiger partial charge in [-0.25, -0.2) is 4.39 Å². The molecular weight excluding hydrogens is 375 g/mol. The predicted molar refractivity (Wildman–Crippen MR) is 89.7 cm³/mol. The van der Waals surface area contributed by atoms with Crippen LogP contribution in [0.3, 0.4) is 0 Å². The molecule has 1 saturated heterocycles. The molecule has 3 rings (SSSR count). The summed E-state index contributed by atoms with van der Waals surface area (Å²) in [6.07, 6.45) is 0. The van der Waals surface area contributed by atoms with Crippen LogP contribution in [0.1, 0.15) is 16.5 Å². The lowest BCUT2D eigenvalue weighted by Gasteiger charge is -2.35. The average Bonchev–Trinajstić information content (AvgIpc) is 2.91. The smallest absolute Gasteiger partial charge is 0.137 e. The third kappa shape index (κ3) is 3.32. The number of benzene rings is 1. The summed E-state index contributed by atoms with van der Waals surface area (Å²) in [7, 11) is 0. The van der Waals surface area contributed by atoms with E-state index in [1.807, 2.05) is 18.2 Å². The van der Waals surface area contributed by atoms with Gasteiger partial charge in [0.15, 0.2) is 0 Å². The summed E-state index contributed by atoms with van der Waals surface area (Å²) in [5.41, 5.74) is 0.954. The third-order valence-corrected chi connectivity index (χ3v) is 5.78. The molecule has 0 aliphatic carbocycles. The second kappa shape index (κ2) is 6.75. The van der Waals surface area contributed by atoms with E-state index in [0.717, 1.165) is 41.0 Å². The lowest BCUT2D eigenvalue weighted by atomic mass is 10.0. The van der Waals surface area contributed by atoms with Crippen LogP contribution in [0.4, 0.5) is 4.39 Å². The minimum atomic E-state index is -0.227. The molecule has 1 fully saturated rings. The topological polar surface area (TPSA) is 15.3 Å². The Labute approximate surface area is 141 Å². The fourth-order valence-electron chi connectivity index (χ4n) is 2.68. The van der Waals surface area contributed by atoms with E-state index in [1.165, 1.54) is 6.07 Å². The van der Waals surface area contributed by atoms with Gasteiger partial charge in [0.2, 0.25) is 0 Å². The van der Waals surface area contributed by atoms with Crippen LogP contribution >= 0.6 is 38.9 Å². The van der Waals surface area contributed by atoms with E-state index in [2.05, 4.69) is 26.1 Å². The van der Waals surface area contributed by atoms with Crippen molar-refractivity contribution in [3.05, 3.63) is 55.4 Å². The fraction of sp³-hybridized carbons (Fsp3) is 0.333. The van der Waals surface area contributed by atoms with Crippen LogP contribution in [0.5, 0.6) is 0 Å². The van der Waals surface area contributed by atoms with Crippen LogP contribution in [-0.4, -0.2) is 31.1 Å². The Balaban J connectivity index is 2.04. The summed E-state index contributed by atoms with van der Waals surface area (Å²) >= 11 is 11.1. The van der Waals surface area contributed by atoms with Gasteiger partial charge < -0.3 is 5.32 Å². The van der Waals surface area contributed by atoms with E-state index in [0.29, 0.717) is 4.47 Å². The maximum absolute atomic E-state index is 13.9. The summed E-state index contributed by atoms with van der Waals surface area (Å²) in [6.45, 7) is 3.76. The summed E-state index contributed by atoms with van der Waals surface area (Å²) in [6, 6.07) is 9.20. The molecule has 0 saturated carbocycles. The molecule has 2 heterocycles. The molecular formula is C15H15BrClFN2S. The molecule has 0 spiro atoms. The quantitative estimate of drug-likeness (QED) is 0.842. The standard InChI is InChI=1S/C15H15BrClFN2S/c16-14-10(2-1-3-11(14)18)15(12-4-5-13(17)21-12)20-8-6-19-7-9-20/h1-5,15,19H,6-9H2/t15-/m0/s1. The zero-order chi connectivity index (χ0) is 14.8. The largest absolute Gasteiger partial charge is 0.314 e. The van der Waals surface area contributed by atoms with Gasteiger partial charge in [-0.1, -0.05) is 23.7 Å². The van der Waals surface area contributed by atoms with Crippen LogP contribution in [0, 0.1) is 5.82 Å². The highest BCUT2D eigenvalue weighted by molar-refractivity contribution is 9.10. The van der Waals surface area contributed by atoms with Gasteiger partial charge in [-0.3, -0.25) is 4.90 Å². The monoisotopic (exact) mass is 388 g/mol. The Morgan fingerprint density at radius 2 is 2.00 bits per heavy atom. The molecule has 0 unspecified atom stereocenters. The minimum Gasteiger partial charge on any atom is -0.314 e. The van der Waals surface area contributed by atoms with Gasteiger partial charge in [-0.05, 0) is 39.7 Å². The van der Waals surface area contributed by atoms with Crippen molar-refractivity contribution in [2.75, 3.05) is 26.2 Å².